The molecule has 3 nitrogen and oxygen atoms in total. The van der Waals surface area contributed by atoms with E-state index in [1.165, 1.54) is 0 Å². The molecule has 0 aliphatic rings. The first-order chi connectivity index (χ1) is 8.42. The molecule has 4 heteroatoms. The van der Waals surface area contributed by atoms with Gasteiger partial charge in [0.05, 0.1) is 6.04 Å². The summed E-state index contributed by atoms with van der Waals surface area (Å²) in [6, 6.07) is 9.92. The molecule has 0 unspecified atom stereocenters. The van der Waals surface area contributed by atoms with Crippen LogP contribution in [0.4, 0.5) is 4.79 Å². The van der Waals surface area contributed by atoms with Crippen LogP contribution in [0.1, 0.15) is 32.4 Å². The zero-order chi connectivity index (χ0) is 13.6. The summed E-state index contributed by atoms with van der Waals surface area (Å²) in [5.74, 6) is 0.823. The third kappa shape index (κ3) is 5.45. The number of alkyl carbamates (subject to hydrolysis) is 1. The Labute approximate surface area is 113 Å². The quantitative estimate of drug-likeness (QED) is 0.905. The second-order valence-corrected chi connectivity index (χ2v) is 5.98. The van der Waals surface area contributed by atoms with Gasteiger partial charge in [-0.2, -0.15) is 11.8 Å². The highest BCUT2D eigenvalue weighted by molar-refractivity contribution is 7.98. The largest absolute Gasteiger partial charge is 0.444 e. The molecular weight excluding hydrogens is 246 g/mol. The van der Waals surface area contributed by atoms with Crippen LogP contribution in [0.5, 0.6) is 0 Å². The van der Waals surface area contributed by atoms with Gasteiger partial charge in [-0.25, -0.2) is 4.79 Å². The fourth-order valence-corrected chi connectivity index (χ4v) is 2.13. The summed E-state index contributed by atoms with van der Waals surface area (Å²) in [6.45, 7) is 5.58. The summed E-state index contributed by atoms with van der Waals surface area (Å²) >= 11 is 1.69. The summed E-state index contributed by atoms with van der Waals surface area (Å²) in [7, 11) is 0. The minimum atomic E-state index is -0.468. The average Bonchev–Trinajstić information content (AvgIpc) is 2.27. The van der Waals surface area contributed by atoms with E-state index in [0.717, 1.165) is 11.3 Å². The van der Waals surface area contributed by atoms with Crippen molar-refractivity contribution in [3.05, 3.63) is 35.9 Å². The zero-order valence-corrected chi connectivity index (χ0v) is 12.2. The van der Waals surface area contributed by atoms with E-state index in [9.17, 15) is 4.79 Å². The topological polar surface area (TPSA) is 38.3 Å². The minimum Gasteiger partial charge on any atom is -0.444 e. The highest BCUT2D eigenvalue weighted by Gasteiger charge is 2.20. The second-order valence-electron chi connectivity index (χ2n) is 5.06. The first-order valence-corrected chi connectivity index (χ1v) is 7.35. The minimum absolute atomic E-state index is 0.0175. The monoisotopic (exact) mass is 267 g/mol. The van der Waals surface area contributed by atoms with Crippen molar-refractivity contribution in [2.24, 2.45) is 0 Å². The number of nitrogens with one attached hydrogen (secondary N) is 1. The van der Waals surface area contributed by atoms with Crippen LogP contribution in [-0.2, 0) is 4.74 Å². The molecule has 0 aromatic heterocycles. The Morgan fingerprint density at radius 3 is 2.44 bits per heavy atom. The summed E-state index contributed by atoms with van der Waals surface area (Å²) in [5, 5.41) is 2.91. The lowest BCUT2D eigenvalue weighted by Gasteiger charge is -2.23. The molecule has 1 atom stereocenters. The fraction of sp³-hybridized carbons (Fsp3) is 0.500. The van der Waals surface area contributed by atoms with Crippen LogP contribution in [0.3, 0.4) is 0 Å². The van der Waals surface area contributed by atoms with Crippen LogP contribution in [0.15, 0.2) is 30.3 Å². The number of amides is 1. The van der Waals surface area contributed by atoms with Crippen LogP contribution in [-0.4, -0.2) is 23.7 Å². The first kappa shape index (κ1) is 14.9. The van der Waals surface area contributed by atoms with Crippen molar-refractivity contribution < 1.29 is 9.53 Å². The summed E-state index contributed by atoms with van der Waals surface area (Å²) < 4.78 is 5.28. The molecule has 0 fully saturated rings. The maximum atomic E-state index is 11.8. The molecule has 100 valence electrons. The van der Waals surface area contributed by atoms with Crippen LogP contribution in [0.25, 0.3) is 0 Å². The lowest BCUT2D eigenvalue weighted by atomic mass is 10.1. The van der Waals surface area contributed by atoms with Gasteiger partial charge in [-0.15, -0.1) is 0 Å². The van der Waals surface area contributed by atoms with Gasteiger partial charge >= 0.3 is 6.09 Å². The van der Waals surface area contributed by atoms with Gasteiger partial charge in [0.1, 0.15) is 5.60 Å². The van der Waals surface area contributed by atoms with Crippen molar-refractivity contribution in [2.45, 2.75) is 32.4 Å². The SMILES string of the molecule is CSC[C@H](NC(=O)OC(C)(C)C)c1ccccc1. The molecule has 1 aromatic rings. The maximum Gasteiger partial charge on any atom is 0.408 e. The molecule has 0 spiro atoms. The van der Waals surface area contributed by atoms with E-state index in [-0.39, 0.29) is 12.1 Å². The lowest BCUT2D eigenvalue weighted by molar-refractivity contribution is 0.0509. The average molecular weight is 267 g/mol. The number of rotatable bonds is 4. The van der Waals surface area contributed by atoms with Gasteiger partial charge in [-0.3, -0.25) is 0 Å². The third-order valence-corrected chi connectivity index (χ3v) is 2.89. The normalized spacial score (nSPS) is 12.9. The highest BCUT2D eigenvalue weighted by Crippen LogP contribution is 2.18. The second kappa shape index (κ2) is 6.69. The Balaban J connectivity index is 2.67. The molecule has 1 rings (SSSR count). The summed E-state index contributed by atoms with van der Waals surface area (Å²) in [5.41, 5.74) is 0.628. The van der Waals surface area contributed by atoms with Crippen LogP contribution < -0.4 is 5.32 Å². The van der Waals surface area contributed by atoms with Crippen LogP contribution >= 0.6 is 11.8 Å². The smallest absolute Gasteiger partial charge is 0.408 e. The Bertz CT molecular complexity index is 373. The Kier molecular flexibility index (Phi) is 5.54. The number of ether oxygens (including phenoxy) is 1. The van der Waals surface area contributed by atoms with Gasteiger partial charge in [-0.05, 0) is 32.6 Å². The molecule has 0 aliphatic carbocycles. The zero-order valence-electron chi connectivity index (χ0n) is 11.4. The van der Waals surface area contributed by atoms with Gasteiger partial charge < -0.3 is 10.1 Å². The van der Waals surface area contributed by atoms with E-state index in [1.807, 2.05) is 57.4 Å². The van der Waals surface area contributed by atoms with Gasteiger partial charge in [-0.1, -0.05) is 30.3 Å². The number of benzene rings is 1. The molecule has 18 heavy (non-hydrogen) atoms. The van der Waals surface area contributed by atoms with Crippen molar-refractivity contribution in [3.8, 4) is 0 Å². The van der Waals surface area contributed by atoms with Crippen molar-refractivity contribution in [1.82, 2.24) is 5.32 Å². The van der Waals surface area contributed by atoms with Gasteiger partial charge in [0.15, 0.2) is 0 Å². The summed E-state index contributed by atoms with van der Waals surface area (Å²) in [6.07, 6.45) is 1.65. The number of hydrogen-bond donors (Lipinski definition) is 1. The van der Waals surface area contributed by atoms with E-state index in [4.69, 9.17) is 4.74 Å². The number of carbonyl (C=O) groups is 1. The van der Waals surface area contributed by atoms with E-state index < -0.39 is 5.60 Å². The van der Waals surface area contributed by atoms with Crippen molar-refractivity contribution in [1.29, 1.82) is 0 Å². The highest BCUT2D eigenvalue weighted by atomic mass is 32.2. The van der Waals surface area contributed by atoms with E-state index >= 15 is 0 Å². The molecule has 0 aliphatic heterocycles. The molecule has 1 aromatic carbocycles. The first-order valence-electron chi connectivity index (χ1n) is 5.96. The van der Waals surface area contributed by atoms with Gasteiger partial charge in [0.25, 0.3) is 0 Å². The number of carbonyl (C=O) groups excluding carboxylic acids is 1. The van der Waals surface area contributed by atoms with Gasteiger partial charge in [0, 0.05) is 5.75 Å². The molecule has 0 bridgehead atoms. The lowest BCUT2D eigenvalue weighted by Crippen LogP contribution is -2.35. The van der Waals surface area contributed by atoms with Crippen molar-refractivity contribution in [3.63, 3.8) is 0 Å². The Morgan fingerprint density at radius 1 is 1.33 bits per heavy atom. The number of hydrogen-bond acceptors (Lipinski definition) is 3. The fourth-order valence-electron chi connectivity index (χ4n) is 1.52. The standard InChI is InChI=1S/C14H21NO2S/c1-14(2,3)17-13(16)15-12(10-18-4)11-8-6-5-7-9-11/h5-9,12H,10H2,1-4H3,(H,15,16)/t12-/m0/s1. The molecular formula is C14H21NO2S. The van der Waals surface area contributed by atoms with Crippen molar-refractivity contribution >= 4 is 17.9 Å². The molecule has 1 N–H and O–H groups in total. The Hall–Kier alpha value is -1.16. The van der Waals surface area contributed by atoms with E-state index in [2.05, 4.69) is 5.32 Å². The number of thioether (sulfide) groups is 1. The molecule has 0 saturated heterocycles. The van der Waals surface area contributed by atoms with Crippen LogP contribution in [0.2, 0.25) is 0 Å². The molecule has 0 radical (unpaired) electrons. The predicted molar refractivity (Wildman–Crippen MR) is 76.9 cm³/mol. The van der Waals surface area contributed by atoms with Gasteiger partial charge in [0.2, 0.25) is 0 Å². The summed E-state index contributed by atoms with van der Waals surface area (Å²) in [4.78, 5) is 11.8. The molecule has 0 saturated carbocycles. The third-order valence-electron chi connectivity index (χ3n) is 2.23. The maximum absolute atomic E-state index is 11.8. The van der Waals surface area contributed by atoms with E-state index in [0.29, 0.717) is 0 Å². The van der Waals surface area contributed by atoms with E-state index in [1.54, 1.807) is 11.8 Å². The Morgan fingerprint density at radius 2 is 1.94 bits per heavy atom. The van der Waals surface area contributed by atoms with Crippen LogP contribution in [0, 0.1) is 0 Å². The molecule has 0 heterocycles. The predicted octanol–water partition coefficient (Wildman–Crippen LogP) is 3.62. The molecule has 1 amide bonds. The van der Waals surface area contributed by atoms with Crippen molar-refractivity contribution in [2.75, 3.05) is 12.0 Å².